The minimum absolute atomic E-state index is 0.00997. The number of hydrogen-bond donors (Lipinski definition) is 1. The first-order valence-corrected chi connectivity index (χ1v) is 6.81. The highest BCUT2D eigenvalue weighted by atomic mass is 15.3. The molecule has 20 heavy (non-hydrogen) atoms. The van der Waals surface area contributed by atoms with Crippen molar-refractivity contribution in [3.05, 3.63) is 54.2 Å². The van der Waals surface area contributed by atoms with Crippen LogP contribution in [-0.2, 0) is 5.41 Å². The summed E-state index contributed by atoms with van der Waals surface area (Å²) < 4.78 is 1.84. The molecule has 0 spiro atoms. The molecule has 0 aliphatic carbocycles. The first kappa shape index (κ1) is 12.7. The maximum atomic E-state index is 6.16. The van der Waals surface area contributed by atoms with E-state index in [4.69, 9.17) is 10.8 Å². The van der Waals surface area contributed by atoms with Crippen molar-refractivity contribution in [2.24, 2.45) is 0 Å². The molecule has 2 aromatic carbocycles. The van der Waals surface area contributed by atoms with Crippen LogP contribution in [0.4, 0.5) is 5.82 Å². The molecule has 102 valence electrons. The standard InChI is InChI=1S/C17H19N3/c1-17(2,3)15-11-16(18)20(19-15)14-10-6-8-12-7-4-5-9-13(12)14/h4-11H,18H2,1-3H3. The largest absolute Gasteiger partial charge is 0.384 e. The van der Waals surface area contributed by atoms with Crippen molar-refractivity contribution in [2.45, 2.75) is 26.2 Å². The van der Waals surface area contributed by atoms with Gasteiger partial charge in [0.05, 0.1) is 11.4 Å². The number of rotatable bonds is 1. The average Bonchev–Trinajstić information content (AvgIpc) is 2.80. The fourth-order valence-corrected chi connectivity index (χ4v) is 2.35. The molecule has 3 aromatic rings. The van der Waals surface area contributed by atoms with Gasteiger partial charge in [-0.15, -0.1) is 0 Å². The van der Waals surface area contributed by atoms with Gasteiger partial charge < -0.3 is 5.73 Å². The van der Waals surface area contributed by atoms with Crippen LogP contribution in [0.15, 0.2) is 48.5 Å². The highest BCUT2D eigenvalue weighted by Crippen LogP contribution is 2.28. The van der Waals surface area contributed by atoms with E-state index in [1.807, 2.05) is 28.9 Å². The molecule has 3 nitrogen and oxygen atoms in total. The second-order valence-electron chi connectivity index (χ2n) is 6.11. The molecule has 0 fully saturated rings. The molecule has 0 saturated carbocycles. The number of nitrogens with zero attached hydrogens (tertiary/aromatic N) is 2. The van der Waals surface area contributed by atoms with Crippen LogP contribution in [0.2, 0.25) is 0 Å². The van der Waals surface area contributed by atoms with Gasteiger partial charge in [-0.3, -0.25) is 0 Å². The van der Waals surface area contributed by atoms with Crippen LogP contribution in [0.5, 0.6) is 0 Å². The van der Waals surface area contributed by atoms with E-state index in [1.165, 1.54) is 5.39 Å². The topological polar surface area (TPSA) is 43.8 Å². The Morgan fingerprint density at radius 3 is 2.40 bits per heavy atom. The Labute approximate surface area is 119 Å². The lowest BCUT2D eigenvalue weighted by molar-refractivity contribution is 0.560. The Morgan fingerprint density at radius 2 is 1.70 bits per heavy atom. The van der Waals surface area contributed by atoms with Crippen molar-refractivity contribution in [2.75, 3.05) is 5.73 Å². The van der Waals surface area contributed by atoms with E-state index in [9.17, 15) is 0 Å². The van der Waals surface area contributed by atoms with Gasteiger partial charge in [0.25, 0.3) is 0 Å². The fraction of sp³-hybridized carbons (Fsp3) is 0.235. The average molecular weight is 265 g/mol. The van der Waals surface area contributed by atoms with E-state index in [0.717, 1.165) is 16.8 Å². The third-order valence-corrected chi connectivity index (χ3v) is 3.50. The van der Waals surface area contributed by atoms with Crippen LogP contribution in [0.25, 0.3) is 16.5 Å². The van der Waals surface area contributed by atoms with Gasteiger partial charge in [-0.05, 0) is 11.5 Å². The number of benzene rings is 2. The Morgan fingerprint density at radius 1 is 1.00 bits per heavy atom. The molecule has 1 heterocycles. The lowest BCUT2D eigenvalue weighted by atomic mass is 9.92. The third-order valence-electron chi connectivity index (χ3n) is 3.50. The van der Waals surface area contributed by atoms with Gasteiger partial charge >= 0.3 is 0 Å². The molecule has 1 aromatic heterocycles. The predicted octanol–water partition coefficient (Wildman–Crippen LogP) is 3.91. The lowest BCUT2D eigenvalue weighted by Crippen LogP contribution is -2.12. The van der Waals surface area contributed by atoms with Gasteiger partial charge in [0.2, 0.25) is 0 Å². The van der Waals surface area contributed by atoms with Crippen LogP contribution in [-0.4, -0.2) is 9.78 Å². The van der Waals surface area contributed by atoms with Crippen molar-refractivity contribution in [3.8, 4) is 5.69 Å². The molecule has 0 atom stereocenters. The van der Waals surface area contributed by atoms with Crippen molar-refractivity contribution in [1.82, 2.24) is 9.78 Å². The minimum atomic E-state index is -0.00997. The summed E-state index contributed by atoms with van der Waals surface area (Å²) in [4.78, 5) is 0. The Bertz CT molecular complexity index is 758. The zero-order valence-corrected chi connectivity index (χ0v) is 12.1. The maximum absolute atomic E-state index is 6.16. The number of aromatic nitrogens is 2. The normalized spacial score (nSPS) is 11.9. The van der Waals surface area contributed by atoms with E-state index in [1.54, 1.807) is 0 Å². The second kappa shape index (κ2) is 4.37. The maximum Gasteiger partial charge on any atom is 0.127 e. The van der Waals surface area contributed by atoms with E-state index < -0.39 is 0 Å². The number of anilines is 1. The monoisotopic (exact) mass is 265 g/mol. The van der Waals surface area contributed by atoms with Crippen LogP contribution < -0.4 is 5.73 Å². The van der Waals surface area contributed by atoms with Crippen LogP contribution in [0.3, 0.4) is 0 Å². The summed E-state index contributed by atoms with van der Waals surface area (Å²) in [5.41, 5.74) is 8.18. The molecule has 0 aliphatic heterocycles. The van der Waals surface area contributed by atoms with E-state index in [0.29, 0.717) is 5.82 Å². The van der Waals surface area contributed by atoms with Crippen molar-refractivity contribution in [1.29, 1.82) is 0 Å². The number of fused-ring (bicyclic) bond motifs is 1. The Kier molecular flexibility index (Phi) is 2.78. The molecule has 3 rings (SSSR count). The van der Waals surface area contributed by atoms with Gasteiger partial charge in [0.1, 0.15) is 5.82 Å². The number of nitrogens with two attached hydrogens (primary N) is 1. The SMILES string of the molecule is CC(C)(C)c1cc(N)n(-c2cccc3ccccc23)n1. The van der Waals surface area contributed by atoms with Gasteiger partial charge in [-0.2, -0.15) is 5.10 Å². The van der Waals surface area contributed by atoms with Crippen LogP contribution in [0.1, 0.15) is 26.5 Å². The number of hydrogen-bond acceptors (Lipinski definition) is 2. The first-order valence-electron chi connectivity index (χ1n) is 6.81. The summed E-state index contributed by atoms with van der Waals surface area (Å²) in [5.74, 6) is 0.672. The molecule has 0 saturated heterocycles. The molecular formula is C17H19N3. The van der Waals surface area contributed by atoms with Gasteiger partial charge in [0.15, 0.2) is 0 Å². The molecule has 0 aliphatic rings. The van der Waals surface area contributed by atoms with Crippen LogP contribution in [0, 0.1) is 0 Å². The summed E-state index contributed by atoms with van der Waals surface area (Å²) in [6.45, 7) is 6.42. The quantitative estimate of drug-likeness (QED) is 0.725. The smallest absolute Gasteiger partial charge is 0.127 e. The fourth-order valence-electron chi connectivity index (χ4n) is 2.35. The molecule has 0 radical (unpaired) electrons. The molecule has 3 heteroatoms. The zero-order valence-electron chi connectivity index (χ0n) is 12.1. The summed E-state index contributed by atoms with van der Waals surface area (Å²) in [6.07, 6.45) is 0. The highest BCUT2D eigenvalue weighted by molar-refractivity contribution is 5.90. The van der Waals surface area contributed by atoms with E-state index >= 15 is 0 Å². The van der Waals surface area contributed by atoms with E-state index in [-0.39, 0.29) is 5.41 Å². The summed E-state index contributed by atoms with van der Waals surface area (Å²) in [6, 6.07) is 16.4. The van der Waals surface area contributed by atoms with Crippen molar-refractivity contribution >= 4 is 16.6 Å². The second-order valence-corrected chi connectivity index (χ2v) is 6.11. The summed E-state index contributed by atoms with van der Waals surface area (Å²) >= 11 is 0. The number of nitrogen functional groups attached to an aromatic ring is 1. The molecule has 0 amide bonds. The Hall–Kier alpha value is -2.29. The molecule has 0 unspecified atom stereocenters. The summed E-state index contributed by atoms with van der Waals surface area (Å²) in [5, 5.41) is 7.04. The Balaban J connectivity index is 2.24. The van der Waals surface area contributed by atoms with Gasteiger partial charge in [-0.25, -0.2) is 4.68 Å². The molecule has 2 N–H and O–H groups in total. The predicted molar refractivity (Wildman–Crippen MR) is 84.2 cm³/mol. The zero-order chi connectivity index (χ0) is 14.3. The lowest BCUT2D eigenvalue weighted by Gasteiger charge is -2.14. The third kappa shape index (κ3) is 2.05. The van der Waals surface area contributed by atoms with Gasteiger partial charge in [0, 0.05) is 16.9 Å². The first-order chi connectivity index (χ1) is 9.47. The minimum Gasteiger partial charge on any atom is -0.384 e. The molecule has 0 bridgehead atoms. The van der Waals surface area contributed by atoms with Crippen LogP contribution >= 0.6 is 0 Å². The molecular weight excluding hydrogens is 246 g/mol. The van der Waals surface area contributed by atoms with Crippen molar-refractivity contribution < 1.29 is 0 Å². The van der Waals surface area contributed by atoms with Gasteiger partial charge in [-0.1, -0.05) is 57.2 Å². The van der Waals surface area contributed by atoms with E-state index in [2.05, 4.69) is 45.0 Å². The highest BCUT2D eigenvalue weighted by Gasteiger charge is 2.19. The summed E-state index contributed by atoms with van der Waals surface area (Å²) in [7, 11) is 0. The van der Waals surface area contributed by atoms with Crippen molar-refractivity contribution in [3.63, 3.8) is 0 Å².